The number of carbonyl (C=O) groups is 1. The van der Waals surface area contributed by atoms with E-state index in [1.807, 2.05) is 7.05 Å². The third-order valence-corrected chi connectivity index (χ3v) is 3.10. The van der Waals surface area contributed by atoms with Gasteiger partial charge in [0, 0.05) is 6.54 Å². The van der Waals surface area contributed by atoms with Gasteiger partial charge < -0.3 is 9.73 Å². The lowest BCUT2D eigenvalue weighted by molar-refractivity contribution is -0.121. The Morgan fingerprint density at radius 3 is 3.06 bits per heavy atom. The number of hydrogen-bond acceptors (Lipinski definition) is 4. The average molecular weight is 223 g/mol. The van der Waals surface area contributed by atoms with E-state index < -0.39 is 0 Å². The van der Waals surface area contributed by atoms with E-state index in [0.717, 1.165) is 12.8 Å². The van der Waals surface area contributed by atoms with Crippen LogP contribution < -0.4 is 10.2 Å². The maximum absolute atomic E-state index is 12.2. The van der Waals surface area contributed by atoms with Crippen LogP contribution in [0.15, 0.2) is 16.9 Å². The van der Waals surface area contributed by atoms with Crippen molar-refractivity contribution in [1.82, 2.24) is 10.3 Å². The molecule has 1 aliphatic rings. The van der Waals surface area contributed by atoms with Gasteiger partial charge in [-0.25, -0.2) is 4.98 Å². The first-order valence-electron chi connectivity index (χ1n) is 5.62. The number of rotatable bonds is 2. The summed E-state index contributed by atoms with van der Waals surface area (Å²) in [5, 5.41) is 3.07. The summed E-state index contributed by atoms with van der Waals surface area (Å²) in [5.74, 6) is 0.396. The summed E-state index contributed by atoms with van der Waals surface area (Å²) >= 11 is 0. The molecule has 0 saturated carbocycles. The summed E-state index contributed by atoms with van der Waals surface area (Å²) < 4.78 is 5.19. The standard InChI is InChI=1S/C11H17N3O2/c1-8-4-3-6-14(10(15)9(8)12-2)11-13-5-7-16-11/h5,7-9,12H,3-4,6H2,1-2H3. The van der Waals surface area contributed by atoms with Crippen molar-refractivity contribution in [3.05, 3.63) is 12.5 Å². The zero-order valence-corrected chi connectivity index (χ0v) is 9.64. The van der Waals surface area contributed by atoms with Crippen molar-refractivity contribution in [2.45, 2.75) is 25.8 Å². The molecule has 5 nitrogen and oxygen atoms in total. The van der Waals surface area contributed by atoms with E-state index in [4.69, 9.17) is 4.42 Å². The fraction of sp³-hybridized carbons (Fsp3) is 0.636. The average Bonchev–Trinajstić information content (AvgIpc) is 2.74. The molecule has 0 aromatic carbocycles. The van der Waals surface area contributed by atoms with Crippen LogP contribution in [0.25, 0.3) is 0 Å². The molecule has 1 aliphatic heterocycles. The molecule has 0 spiro atoms. The van der Waals surface area contributed by atoms with Gasteiger partial charge in [-0.3, -0.25) is 9.69 Å². The van der Waals surface area contributed by atoms with Crippen molar-refractivity contribution in [3.8, 4) is 0 Å². The van der Waals surface area contributed by atoms with Crippen molar-refractivity contribution in [2.75, 3.05) is 18.5 Å². The van der Waals surface area contributed by atoms with Gasteiger partial charge >= 0.3 is 6.01 Å². The van der Waals surface area contributed by atoms with E-state index in [9.17, 15) is 4.79 Å². The van der Waals surface area contributed by atoms with E-state index in [-0.39, 0.29) is 11.9 Å². The Balaban J connectivity index is 2.23. The molecule has 2 rings (SSSR count). The van der Waals surface area contributed by atoms with Crippen LogP contribution in [-0.2, 0) is 4.79 Å². The topological polar surface area (TPSA) is 58.4 Å². The van der Waals surface area contributed by atoms with Crippen molar-refractivity contribution in [2.24, 2.45) is 5.92 Å². The van der Waals surface area contributed by atoms with Gasteiger partial charge in [-0.1, -0.05) is 6.92 Å². The summed E-state index contributed by atoms with van der Waals surface area (Å²) in [6.07, 6.45) is 5.07. The molecule has 5 heteroatoms. The molecule has 0 bridgehead atoms. The van der Waals surface area contributed by atoms with Crippen LogP contribution in [0.2, 0.25) is 0 Å². The van der Waals surface area contributed by atoms with Crippen LogP contribution in [0.4, 0.5) is 6.01 Å². The number of amides is 1. The number of oxazole rings is 1. The van der Waals surface area contributed by atoms with Gasteiger partial charge in [0.05, 0.1) is 12.2 Å². The zero-order chi connectivity index (χ0) is 11.5. The van der Waals surface area contributed by atoms with Crippen molar-refractivity contribution < 1.29 is 9.21 Å². The first-order valence-corrected chi connectivity index (χ1v) is 5.62. The van der Waals surface area contributed by atoms with Crippen LogP contribution in [-0.4, -0.2) is 30.5 Å². The summed E-state index contributed by atoms with van der Waals surface area (Å²) in [4.78, 5) is 17.9. The normalized spacial score (nSPS) is 26.9. The van der Waals surface area contributed by atoms with E-state index in [0.29, 0.717) is 18.5 Å². The summed E-state index contributed by atoms with van der Waals surface area (Å²) in [6.45, 7) is 2.78. The Bertz CT molecular complexity index is 350. The first kappa shape index (κ1) is 11.1. The first-order chi connectivity index (χ1) is 7.74. The van der Waals surface area contributed by atoms with Gasteiger partial charge in [-0.15, -0.1) is 0 Å². The Labute approximate surface area is 94.8 Å². The molecule has 0 aliphatic carbocycles. The molecule has 1 saturated heterocycles. The van der Waals surface area contributed by atoms with Crippen molar-refractivity contribution in [3.63, 3.8) is 0 Å². The summed E-state index contributed by atoms with van der Waals surface area (Å²) in [6, 6.07) is 0.258. The molecule has 16 heavy (non-hydrogen) atoms. The number of nitrogens with zero attached hydrogens (tertiary/aromatic N) is 2. The molecule has 1 aromatic rings. The second-order valence-corrected chi connectivity index (χ2v) is 4.19. The van der Waals surface area contributed by atoms with Crippen LogP contribution in [0.3, 0.4) is 0 Å². The summed E-state index contributed by atoms with van der Waals surface area (Å²) in [7, 11) is 1.82. The minimum absolute atomic E-state index is 0.0509. The number of likely N-dealkylation sites (N-methyl/N-ethyl adjacent to an activating group) is 1. The molecular formula is C11H17N3O2. The Hall–Kier alpha value is -1.36. The lowest BCUT2D eigenvalue weighted by Crippen LogP contribution is -2.47. The number of nitrogens with one attached hydrogen (secondary N) is 1. The highest BCUT2D eigenvalue weighted by atomic mass is 16.4. The number of hydrogen-bond donors (Lipinski definition) is 1. The van der Waals surface area contributed by atoms with E-state index in [2.05, 4.69) is 17.2 Å². The molecule has 2 unspecified atom stereocenters. The molecule has 2 atom stereocenters. The van der Waals surface area contributed by atoms with Gasteiger partial charge in [0.15, 0.2) is 0 Å². The SMILES string of the molecule is CNC1C(=O)N(c2ncco2)CCCC1C. The maximum Gasteiger partial charge on any atom is 0.304 e. The molecular weight excluding hydrogens is 206 g/mol. The predicted molar refractivity (Wildman–Crippen MR) is 60.1 cm³/mol. The molecule has 2 heterocycles. The van der Waals surface area contributed by atoms with E-state index in [1.54, 1.807) is 11.1 Å². The fourth-order valence-corrected chi connectivity index (χ4v) is 2.21. The number of aromatic nitrogens is 1. The number of anilines is 1. The minimum Gasteiger partial charge on any atom is -0.432 e. The Kier molecular flexibility index (Phi) is 3.24. The molecule has 1 fully saturated rings. The lowest BCUT2D eigenvalue weighted by Gasteiger charge is -2.23. The van der Waals surface area contributed by atoms with Gasteiger partial charge in [0.1, 0.15) is 6.26 Å². The fourth-order valence-electron chi connectivity index (χ4n) is 2.21. The predicted octanol–water partition coefficient (Wildman–Crippen LogP) is 1.03. The molecule has 1 N–H and O–H groups in total. The van der Waals surface area contributed by atoms with Crippen LogP contribution >= 0.6 is 0 Å². The second kappa shape index (κ2) is 4.65. The number of carbonyl (C=O) groups excluding carboxylic acids is 1. The highest BCUT2D eigenvalue weighted by Crippen LogP contribution is 2.22. The monoisotopic (exact) mass is 223 g/mol. The van der Waals surface area contributed by atoms with Crippen molar-refractivity contribution in [1.29, 1.82) is 0 Å². The second-order valence-electron chi connectivity index (χ2n) is 4.19. The Morgan fingerprint density at radius 1 is 1.62 bits per heavy atom. The quantitative estimate of drug-likeness (QED) is 0.813. The van der Waals surface area contributed by atoms with E-state index in [1.165, 1.54) is 6.26 Å². The highest BCUT2D eigenvalue weighted by Gasteiger charge is 2.33. The van der Waals surface area contributed by atoms with Gasteiger partial charge in [-0.2, -0.15) is 0 Å². The Morgan fingerprint density at radius 2 is 2.44 bits per heavy atom. The van der Waals surface area contributed by atoms with Gasteiger partial charge in [-0.05, 0) is 25.8 Å². The van der Waals surface area contributed by atoms with Crippen LogP contribution in [0.1, 0.15) is 19.8 Å². The largest absolute Gasteiger partial charge is 0.432 e. The third kappa shape index (κ3) is 1.95. The lowest BCUT2D eigenvalue weighted by atomic mass is 9.98. The third-order valence-electron chi connectivity index (χ3n) is 3.10. The van der Waals surface area contributed by atoms with Gasteiger partial charge in [0.2, 0.25) is 5.91 Å². The molecule has 0 radical (unpaired) electrons. The van der Waals surface area contributed by atoms with Crippen LogP contribution in [0, 0.1) is 5.92 Å². The van der Waals surface area contributed by atoms with E-state index >= 15 is 0 Å². The smallest absolute Gasteiger partial charge is 0.304 e. The zero-order valence-electron chi connectivity index (χ0n) is 9.64. The summed E-state index contributed by atoms with van der Waals surface area (Å²) in [5.41, 5.74) is 0. The van der Waals surface area contributed by atoms with Gasteiger partial charge in [0.25, 0.3) is 0 Å². The highest BCUT2D eigenvalue weighted by molar-refractivity contribution is 5.95. The van der Waals surface area contributed by atoms with Crippen LogP contribution in [0.5, 0.6) is 0 Å². The molecule has 1 aromatic heterocycles. The maximum atomic E-state index is 12.2. The van der Waals surface area contributed by atoms with Crippen molar-refractivity contribution >= 4 is 11.9 Å². The minimum atomic E-state index is -0.144. The molecule has 88 valence electrons. The molecule has 1 amide bonds.